The minimum absolute atomic E-state index is 0.0760. The highest BCUT2D eigenvalue weighted by Crippen LogP contribution is 2.31. The lowest BCUT2D eigenvalue weighted by atomic mass is 10.00. The van der Waals surface area contributed by atoms with Gasteiger partial charge in [0.25, 0.3) is 0 Å². The van der Waals surface area contributed by atoms with Crippen LogP contribution in [0.5, 0.6) is 5.75 Å². The Labute approximate surface area is 173 Å². The molecule has 3 aromatic rings. The van der Waals surface area contributed by atoms with Gasteiger partial charge in [0.15, 0.2) is 11.6 Å². The van der Waals surface area contributed by atoms with Crippen molar-refractivity contribution in [2.75, 3.05) is 13.7 Å². The van der Waals surface area contributed by atoms with Crippen LogP contribution in [0, 0.1) is 11.6 Å². The van der Waals surface area contributed by atoms with Crippen molar-refractivity contribution in [2.24, 2.45) is 0 Å². The number of methoxy groups -OCH3 is 1. The van der Waals surface area contributed by atoms with Gasteiger partial charge >= 0.3 is 0 Å². The fourth-order valence-corrected chi connectivity index (χ4v) is 3.92. The lowest BCUT2D eigenvalue weighted by Crippen LogP contribution is -2.39. The van der Waals surface area contributed by atoms with Crippen LogP contribution in [0.2, 0.25) is 0 Å². The molecule has 0 spiro atoms. The van der Waals surface area contributed by atoms with Crippen molar-refractivity contribution in [3.05, 3.63) is 71.7 Å². The van der Waals surface area contributed by atoms with Crippen molar-refractivity contribution >= 4 is 5.91 Å². The minimum Gasteiger partial charge on any atom is -0.494 e. The average Bonchev–Trinajstić information content (AvgIpc) is 3.24. The Balaban J connectivity index is 1.53. The quantitative estimate of drug-likeness (QED) is 0.664. The molecule has 4 rings (SSSR count). The van der Waals surface area contributed by atoms with E-state index in [0.717, 1.165) is 19.3 Å². The van der Waals surface area contributed by atoms with Crippen LogP contribution in [0.15, 0.2) is 48.7 Å². The molecule has 1 unspecified atom stereocenters. The van der Waals surface area contributed by atoms with E-state index in [0.29, 0.717) is 29.2 Å². The number of hydrogen-bond acceptors (Lipinski definition) is 3. The van der Waals surface area contributed by atoms with Crippen molar-refractivity contribution in [1.29, 1.82) is 0 Å². The van der Waals surface area contributed by atoms with Gasteiger partial charge in [-0.1, -0.05) is 18.2 Å². The molecule has 1 aliphatic rings. The van der Waals surface area contributed by atoms with Crippen LogP contribution < -0.4 is 4.74 Å². The largest absolute Gasteiger partial charge is 0.494 e. The lowest BCUT2D eigenvalue weighted by Gasteiger charge is -2.34. The Kier molecular flexibility index (Phi) is 5.79. The number of aromatic amines is 1. The molecule has 0 saturated carbocycles. The van der Waals surface area contributed by atoms with Crippen LogP contribution in [-0.4, -0.2) is 34.4 Å². The summed E-state index contributed by atoms with van der Waals surface area (Å²) in [6.07, 6.45) is 4.46. The van der Waals surface area contributed by atoms with E-state index < -0.39 is 5.82 Å². The molecule has 2 aromatic carbocycles. The Morgan fingerprint density at radius 1 is 1.23 bits per heavy atom. The van der Waals surface area contributed by atoms with E-state index in [9.17, 15) is 13.6 Å². The van der Waals surface area contributed by atoms with Crippen molar-refractivity contribution in [1.82, 2.24) is 14.9 Å². The Bertz CT molecular complexity index is 1050. The number of halogens is 2. The van der Waals surface area contributed by atoms with Crippen molar-refractivity contribution in [2.45, 2.75) is 31.7 Å². The van der Waals surface area contributed by atoms with Crippen LogP contribution in [-0.2, 0) is 11.2 Å². The number of imidazole rings is 1. The predicted molar refractivity (Wildman–Crippen MR) is 109 cm³/mol. The van der Waals surface area contributed by atoms with Gasteiger partial charge in [-0.3, -0.25) is 4.79 Å². The van der Waals surface area contributed by atoms with Gasteiger partial charge < -0.3 is 14.6 Å². The highest BCUT2D eigenvalue weighted by atomic mass is 19.1. The van der Waals surface area contributed by atoms with Gasteiger partial charge in [0, 0.05) is 12.1 Å². The number of amides is 1. The third-order valence-electron chi connectivity index (χ3n) is 5.44. The van der Waals surface area contributed by atoms with Crippen molar-refractivity contribution in [3.63, 3.8) is 0 Å². The topological polar surface area (TPSA) is 58.2 Å². The number of likely N-dealkylation sites (tertiary alicyclic amines) is 1. The van der Waals surface area contributed by atoms with Crippen molar-refractivity contribution in [3.8, 4) is 17.0 Å². The first kappa shape index (κ1) is 20.1. The number of H-pyrrole nitrogens is 1. The number of carbonyl (C=O) groups excluding carboxylic acids is 1. The summed E-state index contributed by atoms with van der Waals surface area (Å²) in [4.78, 5) is 22.5. The molecular weight excluding hydrogens is 388 g/mol. The molecule has 7 heteroatoms. The van der Waals surface area contributed by atoms with Crippen LogP contribution in [0.25, 0.3) is 11.3 Å². The summed E-state index contributed by atoms with van der Waals surface area (Å²) in [7, 11) is 1.41. The molecule has 2 heterocycles. The van der Waals surface area contributed by atoms with Crippen LogP contribution in [0.3, 0.4) is 0 Å². The molecule has 1 amide bonds. The number of rotatable bonds is 5. The van der Waals surface area contributed by atoms with E-state index in [-0.39, 0.29) is 29.9 Å². The maximum atomic E-state index is 14.0. The molecule has 1 saturated heterocycles. The Morgan fingerprint density at radius 2 is 2.10 bits per heavy atom. The second-order valence-corrected chi connectivity index (χ2v) is 7.44. The molecule has 5 nitrogen and oxygen atoms in total. The highest BCUT2D eigenvalue weighted by molar-refractivity contribution is 5.79. The second kappa shape index (κ2) is 8.65. The van der Waals surface area contributed by atoms with E-state index in [1.54, 1.807) is 23.2 Å². The molecule has 1 aromatic heterocycles. The fourth-order valence-electron chi connectivity index (χ4n) is 3.92. The van der Waals surface area contributed by atoms with Crippen LogP contribution >= 0.6 is 0 Å². The van der Waals surface area contributed by atoms with Crippen LogP contribution in [0.4, 0.5) is 8.78 Å². The van der Waals surface area contributed by atoms with Gasteiger partial charge in [0.2, 0.25) is 5.91 Å². The molecule has 1 N–H and O–H groups in total. The molecule has 0 bridgehead atoms. The zero-order valence-corrected chi connectivity index (χ0v) is 16.7. The number of benzene rings is 2. The maximum Gasteiger partial charge on any atom is 0.227 e. The standard InChI is InChI=1S/C23H23F2N3O2/c1-30-21-9-8-15(11-18(21)25)12-22(29)28-10-3-2-7-20(28)23-26-14-19(27-23)16-5-4-6-17(24)13-16/h4-6,8-9,11,13-14,20H,2-3,7,10,12H2,1H3,(H,26,27). The van der Waals surface area contributed by atoms with E-state index in [1.165, 1.54) is 31.4 Å². The molecule has 0 radical (unpaired) electrons. The molecule has 1 atom stereocenters. The summed E-state index contributed by atoms with van der Waals surface area (Å²) < 4.78 is 32.5. The zero-order chi connectivity index (χ0) is 21.1. The number of nitrogens with one attached hydrogen (secondary N) is 1. The first-order valence-electron chi connectivity index (χ1n) is 9.98. The number of hydrogen-bond donors (Lipinski definition) is 1. The van der Waals surface area contributed by atoms with Gasteiger partial charge in [0.1, 0.15) is 11.6 Å². The first-order chi connectivity index (χ1) is 14.5. The maximum absolute atomic E-state index is 14.0. The number of carbonyl (C=O) groups is 1. The van der Waals surface area contributed by atoms with Crippen molar-refractivity contribution < 1.29 is 18.3 Å². The third-order valence-corrected chi connectivity index (χ3v) is 5.44. The Morgan fingerprint density at radius 3 is 2.87 bits per heavy atom. The van der Waals surface area contributed by atoms with E-state index in [1.807, 2.05) is 6.07 Å². The average molecular weight is 411 g/mol. The fraction of sp³-hybridized carbons (Fsp3) is 0.304. The molecule has 1 fully saturated rings. The smallest absolute Gasteiger partial charge is 0.227 e. The molecule has 156 valence electrons. The van der Waals surface area contributed by atoms with E-state index in [4.69, 9.17) is 4.74 Å². The SMILES string of the molecule is COc1ccc(CC(=O)N2CCCCC2c2ncc(-c3cccc(F)c3)[nH]2)cc1F. The molecule has 30 heavy (non-hydrogen) atoms. The number of ether oxygens (including phenoxy) is 1. The summed E-state index contributed by atoms with van der Waals surface area (Å²) in [5, 5.41) is 0. The third kappa shape index (κ3) is 4.20. The number of aromatic nitrogens is 2. The van der Waals surface area contributed by atoms with E-state index >= 15 is 0 Å². The summed E-state index contributed by atoms with van der Waals surface area (Å²) >= 11 is 0. The number of piperidine rings is 1. The van der Waals surface area contributed by atoms with Crippen LogP contribution in [0.1, 0.15) is 36.7 Å². The summed E-state index contributed by atoms with van der Waals surface area (Å²) in [5.74, 6) is -0.0349. The monoisotopic (exact) mass is 411 g/mol. The van der Waals surface area contributed by atoms with E-state index in [2.05, 4.69) is 9.97 Å². The zero-order valence-electron chi connectivity index (χ0n) is 16.7. The van der Waals surface area contributed by atoms with Gasteiger partial charge in [-0.2, -0.15) is 0 Å². The molecule has 0 aliphatic carbocycles. The number of nitrogens with zero attached hydrogens (tertiary/aromatic N) is 2. The first-order valence-corrected chi connectivity index (χ1v) is 9.98. The second-order valence-electron chi connectivity index (χ2n) is 7.44. The Hall–Kier alpha value is -3.22. The van der Waals surface area contributed by atoms with Gasteiger partial charge in [-0.15, -0.1) is 0 Å². The molecule has 1 aliphatic heterocycles. The molecular formula is C23H23F2N3O2. The summed E-state index contributed by atoms with van der Waals surface area (Å²) in [6, 6.07) is 10.7. The normalized spacial score (nSPS) is 16.5. The predicted octanol–water partition coefficient (Wildman–Crippen LogP) is 4.66. The summed E-state index contributed by atoms with van der Waals surface area (Å²) in [6.45, 7) is 0.623. The summed E-state index contributed by atoms with van der Waals surface area (Å²) in [5.41, 5.74) is 2.01. The van der Waals surface area contributed by atoms with Gasteiger partial charge in [-0.05, 0) is 49.1 Å². The minimum atomic E-state index is -0.483. The lowest BCUT2D eigenvalue weighted by molar-refractivity contribution is -0.134. The van der Waals surface area contributed by atoms with Gasteiger partial charge in [0.05, 0.1) is 31.5 Å². The highest BCUT2D eigenvalue weighted by Gasteiger charge is 2.30. The van der Waals surface area contributed by atoms with Gasteiger partial charge in [-0.25, -0.2) is 13.8 Å².